The van der Waals surface area contributed by atoms with Crippen molar-refractivity contribution in [1.82, 2.24) is 5.32 Å². The lowest BCUT2D eigenvalue weighted by atomic mass is 10.0. The highest BCUT2D eigenvalue weighted by Crippen LogP contribution is 2.22. The van der Waals surface area contributed by atoms with E-state index in [9.17, 15) is 4.79 Å². The van der Waals surface area contributed by atoms with Gasteiger partial charge in [-0.25, -0.2) is 0 Å². The van der Waals surface area contributed by atoms with Crippen molar-refractivity contribution in [1.29, 1.82) is 0 Å². The number of hydrogen-bond donors (Lipinski definition) is 2. The first-order chi connectivity index (χ1) is 9.61. The molecule has 0 radical (unpaired) electrons. The zero-order valence-electron chi connectivity index (χ0n) is 11.1. The highest BCUT2D eigenvalue weighted by molar-refractivity contribution is 9.10. The summed E-state index contributed by atoms with van der Waals surface area (Å²) in [6.07, 6.45) is 0.841. The molecule has 1 N–H and O–H groups in total. The third-order valence-corrected chi connectivity index (χ3v) is 3.98. The highest BCUT2D eigenvalue weighted by atomic mass is 79.9. The maximum atomic E-state index is 12.3. The Morgan fingerprint density at radius 1 is 1.25 bits per heavy atom. The van der Waals surface area contributed by atoms with Crippen LogP contribution in [0.2, 0.25) is 0 Å². The molecule has 0 fully saturated rings. The first-order valence-corrected chi connectivity index (χ1v) is 7.70. The van der Waals surface area contributed by atoms with Gasteiger partial charge < -0.3 is 5.32 Å². The molecular formula is C16H16BrNOS. The number of hydrogen-bond acceptors (Lipinski definition) is 2. The van der Waals surface area contributed by atoms with Crippen LogP contribution in [-0.4, -0.2) is 5.91 Å². The molecule has 1 unspecified atom stereocenters. The first-order valence-electron chi connectivity index (χ1n) is 6.46. The van der Waals surface area contributed by atoms with E-state index in [0.717, 1.165) is 16.5 Å². The lowest BCUT2D eigenvalue weighted by molar-refractivity contribution is 0.0932. The quantitative estimate of drug-likeness (QED) is 0.774. The molecule has 0 spiro atoms. The van der Waals surface area contributed by atoms with Crippen molar-refractivity contribution in [2.24, 2.45) is 0 Å². The average Bonchev–Trinajstić information content (AvgIpc) is 2.45. The van der Waals surface area contributed by atoms with Gasteiger partial charge in [-0.3, -0.25) is 4.79 Å². The Bertz CT molecular complexity index is 601. The molecule has 0 aromatic heterocycles. The van der Waals surface area contributed by atoms with Crippen LogP contribution in [0.25, 0.3) is 0 Å². The minimum absolute atomic E-state index is 0.0140. The maximum Gasteiger partial charge on any atom is 0.252 e. The highest BCUT2D eigenvalue weighted by Gasteiger charge is 2.15. The number of halogens is 1. The Kier molecular flexibility index (Phi) is 5.26. The van der Waals surface area contributed by atoms with Crippen LogP contribution in [0.15, 0.2) is 57.9 Å². The van der Waals surface area contributed by atoms with E-state index in [1.807, 2.05) is 42.5 Å². The van der Waals surface area contributed by atoms with Crippen LogP contribution in [0.1, 0.15) is 35.3 Å². The molecule has 20 heavy (non-hydrogen) atoms. The molecule has 2 aromatic carbocycles. The second-order valence-corrected chi connectivity index (χ2v) is 5.90. The molecule has 0 saturated carbocycles. The molecule has 0 aliphatic heterocycles. The van der Waals surface area contributed by atoms with E-state index in [4.69, 9.17) is 0 Å². The molecule has 0 aliphatic carbocycles. The zero-order chi connectivity index (χ0) is 14.5. The van der Waals surface area contributed by atoms with Crippen LogP contribution in [0, 0.1) is 0 Å². The molecule has 2 rings (SSSR count). The van der Waals surface area contributed by atoms with Gasteiger partial charge in [0.05, 0.1) is 11.6 Å². The van der Waals surface area contributed by atoms with Gasteiger partial charge in [0, 0.05) is 9.37 Å². The Morgan fingerprint density at radius 2 is 1.95 bits per heavy atom. The summed E-state index contributed by atoms with van der Waals surface area (Å²) in [6, 6.07) is 15.4. The Labute approximate surface area is 133 Å². The minimum atomic E-state index is -0.0989. The van der Waals surface area contributed by atoms with Crippen LogP contribution in [0.3, 0.4) is 0 Å². The lowest BCUT2D eigenvalue weighted by Crippen LogP contribution is -2.28. The lowest BCUT2D eigenvalue weighted by Gasteiger charge is -2.18. The van der Waals surface area contributed by atoms with Gasteiger partial charge in [0.25, 0.3) is 5.91 Å². The molecule has 0 aliphatic rings. The maximum absolute atomic E-state index is 12.3. The van der Waals surface area contributed by atoms with Crippen molar-refractivity contribution in [3.05, 3.63) is 64.1 Å². The second kappa shape index (κ2) is 6.95. The number of carbonyl (C=O) groups is 1. The first kappa shape index (κ1) is 15.1. The van der Waals surface area contributed by atoms with Gasteiger partial charge in [0.1, 0.15) is 0 Å². The summed E-state index contributed by atoms with van der Waals surface area (Å²) < 4.78 is 0.911. The normalized spacial score (nSPS) is 11.9. The SMILES string of the molecule is CCC(NC(=O)c1ccc(Br)cc1S)c1ccccc1. The fourth-order valence-corrected chi connectivity index (χ4v) is 2.89. The Morgan fingerprint density at radius 3 is 2.55 bits per heavy atom. The monoisotopic (exact) mass is 349 g/mol. The van der Waals surface area contributed by atoms with Crippen LogP contribution in [-0.2, 0) is 0 Å². The molecule has 2 nitrogen and oxygen atoms in total. The molecule has 104 valence electrons. The fraction of sp³-hybridized carbons (Fsp3) is 0.188. The summed E-state index contributed by atoms with van der Waals surface area (Å²) in [5.74, 6) is -0.0989. The van der Waals surface area contributed by atoms with Crippen LogP contribution >= 0.6 is 28.6 Å². The summed E-state index contributed by atoms with van der Waals surface area (Å²) in [7, 11) is 0. The predicted octanol–water partition coefficient (Wildman–Crippen LogP) is 4.62. The molecule has 0 saturated heterocycles. The number of nitrogens with one attached hydrogen (secondary N) is 1. The van der Waals surface area contributed by atoms with E-state index in [0.29, 0.717) is 10.5 Å². The van der Waals surface area contributed by atoms with Crippen molar-refractivity contribution in [3.8, 4) is 0 Å². The summed E-state index contributed by atoms with van der Waals surface area (Å²) >= 11 is 7.72. The molecule has 1 amide bonds. The molecule has 2 aromatic rings. The number of rotatable bonds is 4. The van der Waals surface area contributed by atoms with Crippen molar-refractivity contribution < 1.29 is 4.79 Å². The van der Waals surface area contributed by atoms with E-state index in [-0.39, 0.29) is 11.9 Å². The number of amides is 1. The Hall–Kier alpha value is -1.26. The summed E-state index contributed by atoms with van der Waals surface area (Å²) in [5, 5.41) is 3.06. The number of thiol groups is 1. The van der Waals surface area contributed by atoms with E-state index in [1.165, 1.54) is 0 Å². The van der Waals surface area contributed by atoms with Gasteiger partial charge in [-0.2, -0.15) is 0 Å². The molecule has 4 heteroatoms. The van der Waals surface area contributed by atoms with E-state index < -0.39 is 0 Å². The topological polar surface area (TPSA) is 29.1 Å². The van der Waals surface area contributed by atoms with E-state index in [1.54, 1.807) is 6.07 Å². The number of carbonyl (C=O) groups excluding carboxylic acids is 1. The Balaban J connectivity index is 2.17. The summed E-state index contributed by atoms with van der Waals surface area (Å²) in [6.45, 7) is 2.06. The van der Waals surface area contributed by atoms with Gasteiger partial charge in [0.2, 0.25) is 0 Å². The average molecular weight is 350 g/mol. The molecule has 0 bridgehead atoms. The predicted molar refractivity (Wildman–Crippen MR) is 88.3 cm³/mol. The van der Waals surface area contributed by atoms with Gasteiger partial charge >= 0.3 is 0 Å². The van der Waals surface area contributed by atoms with Crippen molar-refractivity contribution in [2.75, 3.05) is 0 Å². The van der Waals surface area contributed by atoms with Crippen LogP contribution in [0.5, 0.6) is 0 Å². The van der Waals surface area contributed by atoms with Crippen LogP contribution < -0.4 is 5.32 Å². The third-order valence-electron chi connectivity index (χ3n) is 3.12. The zero-order valence-corrected chi connectivity index (χ0v) is 13.6. The smallest absolute Gasteiger partial charge is 0.252 e. The molecule has 1 atom stereocenters. The third kappa shape index (κ3) is 3.64. The van der Waals surface area contributed by atoms with Gasteiger partial charge in [0.15, 0.2) is 0 Å². The second-order valence-electron chi connectivity index (χ2n) is 4.51. The van der Waals surface area contributed by atoms with Gasteiger partial charge in [-0.15, -0.1) is 12.6 Å². The summed E-state index contributed by atoms with van der Waals surface area (Å²) in [5.41, 5.74) is 1.70. The van der Waals surface area contributed by atoms with Crippen LogP contribution in [0.4, 0.5) is 0 Å². The van der Waals surface area contributed by atoms with Gasteiger partial charge in [-0.05, 0) is 30.2 Å². The number of benzene rings is 2. The summed E-state index contributed by atoms with van der Waals surface area (Å²) in [4.78, 5) is 13.0. The molecular weight excluding hydrogens is 334 g/mol. The van der Waals surface area contributed by atoms with Gasteiger partial charge in [-0.1, -0.05) is 53.2 Å². The van der Waals surface area contributed by atoms with Crippen molar-refractivity contribution >= 4 is 34.5 Å². The largest absolute Gasteiger partial charge is 0.345 e. The van der Waals surface area contributed by atoms with Crippen molar-refractivity contribution in [2.45, 2.75) is 24.3 Å². The van der Waals surface area contributed by atoms with Crippen molar-refractivity contribution in [3.63, 3.8) is 0 Å². The standard InChI is InChI=1S/C16H16BrNOS/c1-2-14(11-6-4-3-5-7-11)18-16(19)13-9-8-12(17)10-15(13)20/h3-10,14,20H,2H2,1H3,(H,18,19). The van der Waals surface area contributed by atoms with E-state index in [2.05, 4.69) is 40.8 Å². The minimum Gasteiger partial charge on any atom is -0.345 e. The van der Waals surface area contributed by atoms with E-state index >= 15 is 0 Å². The molecule has 0 heterocycles. The fourth-order valence-electron chi connectivity index (χ4n) is 2.04.